The summed E-state index contributed by atoms with van der Waals surface area (Å²) >= 11 is 0. The van der Waals surface area contributed by atoms with Crippen LogP contribution in [0.2, 0.25) is 0 Å². The van der Waals surface area contributed by atoms with E-state index < -0.39 is 30.9 Å². The first kappa shape index (κ1) is 13.6. The van der Waals surface area contributed by atoms with Crippen LogP contribution in [0.1, 0.15) is 18.8 Å². The largest absolute Gasteiger partial charge is 0.387 e. The molecule has 3 aliphatic heterocycles. The van der Waals surface area contributed by atoms with Crippen molar-refractivity contribution in [2.45, 2.75) is 50.2 Å². The molecule has 0 amide bonds. The molecule has 4 rings (SSSR count). The molecule has 0 radical (unpaired) electrons. The molecule has 0 aromatic heterocycles. The zero-order chi connectivity index (χ0) is 14.4. The number of aliphatic hydroxyl groups is 1. The summed E-state index contributed by atoms with van der Waals surface area (Å²) in [6, 6.07) is 9.65. The van der Waals surface area contributed by atoms with Gasteiger partial charge in [-0.2, -0.15) is 0 Å². The van der Waals surface area contributed by atoms with Crippen molar-refractivity contribution in [2.75, 3.05) is 6.61 Å². The molecule has 7 atom stereocenters. The van der Waals surface area contributed by atoms with Gasteiger partial charge < -0.3 is 28.8 Å². The Bertz CT molecular complexity index is 494. The fourth-order valence-electron chi connectivity index (χ4n) is 3.04. The van der Waals surface area contributed by atoms with Crippen molar-refractivity contribution >= 4 is 0 Å². The highest BCUT2D eigenvalue weighted by atomic mass is 16.8. The Labute approximate surface area is 122 Å². The van der Waals surface area contributed by atoms with Gasteiger partial charge in [-0.15, -0.1) is 0 Å². The molecule has 114 valence electrons. The number of aliphatic hydroxyl groups excluding tert-OH is 1. The predicted octanol–water partition coefficient (Wildman–Crippen LogP) is 0.948. The van der Waals surface area contributed by atoms with Gasteiger partial charge in [0.25, 0.3) is 0 Å². The van der Waals surface area contributed by atoms with Crippen molar-refractivity contribution in [1.82, 2.24) is 0 Å². The summed E-state index contributed by atoms with van der Waals surface area (Å²) in [6.45, 7) is 2.13. The van der Waals surface area contributed by atoms with Crippen molar-refractivity contribution in [3.63, 3.8) is 0 Å². The molecule has 0 aliphatic carbocycles. The third kappa shape index (κ3) is 2.38. The zero-order valence-corrected chi connectivity index (χ0v) is 11.6. The van der Waals surface area contributed by atoms with Crippen LogP contribution >= 0.6 is 0 Å². The van der Waals surface area contributed by atoms with Gasteiger partial charge in [-0.05, 0) is 6.92 Å². The molecule has 1 aromatic rings. The maximum atomic E-state index is 10.5. The van der Waals surface area contributed by atoms with Gasteiger partial charge in [-0.1, -0.05) is 30.3 Å². The fraction of sp³-hybridized carbons (Fsp3) is 0.600. The molecule has 3 saturated heterocycles. The van der Waals surface area contributed by atoms with E-state index in [1.54, 1.807) is 6.92 Å². The molecular weight excluding hydrogens is 276 g/mol. The Kier molecular flexibility index (Phi) is 3.45. The standard InChI is InChI=1S/C15H18O6/c1-8-18-13-11(16)12-10(20-15(13)19-8)7-17-14(21-12)9-5-3-2-4-6-9/h2-6,8,10-16H,7H2,1H3/t8?,10-,11+,12-,13+,14?,15-/m1/s1. The van der Waals surface area contributed by atoms with Crippen LogP contribution in [-0.4, -0.2) is 48.7 Å². The lowest BCUT2D eigenvalue weighted by atomic mass is 9.98. The number of ether oxygens (including phenoxy) is 5. The Morgan fingerprint density at radius 1 is 1.00 bits per heavy atom. The molecule has 3 aliphatic rings. The van der Waals surface area contributed by atoms with Gasteiger partial charge in [0.05, 0.1) is 6.61 Å². The number of rotatable bonds is 1. The summed E-state index contributed by atoms with van der Waals surface area (Å²) < 4.78 is 28.4. The lowest BCUT2D eigenvalue weighted by Crippen LogP contribution is -2.60. The molecular formula is C15H18O6. The number of benzene rings is 1. The topological polar surface area (TPSA) is 66.4 Å². The van der Waals surface area contributed by atoms with E-state index in [2.05, 4.69) is 0 Å². The Hall–Kier alpha value is -1.02. The molecule has 6 heteroatoms. The van der Waals surface area contributed by atoms with Crippen LogP contribution in [0.3, 0.4) is 0 Å². The van der Waals surface area contributed by atoms with Crippen LogP contribution in [0.4, 0.5) is 0 Å². The van der Waals surface area contributed by atoms with Crippen molar-refractivity contribution < 1.29 is 28.8 Å². The van der Waals surface area contributed by atoms with Crippen molar-refractivity contribution in [2.24, 2.45) is 0 Å². The van der Waals surface area contributed by atoms with Crippen LogP contribution in [0.5, 0.6) is 0 Å². The third-order valence-electron chi connectivity index (χ3n) is 4.06. The Morgan fingerprint density at radius 3 is 2.62 bits per heavy atom. The quantitative estimate of drug-likeness (QED) is 0.832. The van der Waals surface area contributed by atoms with Crippen LogP contribution in [0, 0.1) is 0 Å². The van der Waals surface area contributed by atoms with E-state index in [0.29, 0.717) is 6.61 Å². The summed E-state index contributed by atoms with van der Waals surface area (Å²) in [6.07, 6.45) is -3.60. The summed E-state index contributed by atoms with van der Waals surface area (Å²) in [7, 11) is 0. The van der Waals surface area contributed by atoms with E-state index >= 15 is 0 Å². The minimum Gasteiger partial charge on any atom is -0.387 e. The summed E-state index contributed by atoms with van der Waals surface area (Å²) in [5.41, 5.74) is 0.919. The van der Waals surface area contributed by atoms with Crippen LogP contribution < -0.4 is 0 Å². The van der Waals surface area contributed by atoms with Gasteiger partial charge in [0.1, 0.15) is 24.4 Å². The number of hydrogen-bond donors (Lipinski definition) is 1. The van der Waals surface area contributed by atoms with Crippen molar-refractivity contribution in [3.8, 4) is 0 Å². The minimum absolute atomic E-state index is 0.349. The zero-order valence-electron chi connectivity index (χ0n) is 11.6. The lowest BCUT2D eigenvalue weighted by molar-refractivity contribution is -0.338. The average Bonchev–Trinajstić information content (AvgIpc) is 2.89. The second kappa shape index (κ2) is 5.31. The Balaban J connectivity index is 1.52. The highest BCUT2D eigenvalue weighted by Gasteiger charge is 2.53. The second-order valence-corrected chi connectivity index (χ2v) is 5.51. The fourth-order valence-corrected chi connectivity index (χ4v) is 3.04. The molecule has 3 fully saturated rings. The van der Waals surface area contributed by atoms with Crippen molar-refractivity contribution in [3.05, 3.63) is 35.9 Å². The molecule has 6 nitrogen and oxygen atoms in total. The highest BCUT2D eigenvalue weighted by molar-refractivity contribution is 5.16. The van der Waals surface area contributed by atoms with Gasteiger partial charge in [-0.3, -0.25) is 0 Å². The van der Waals surface area contributed by atoms with E-state index in [4.69, 9.17) is 23.7 Å². The molecule has 1 N–H and O–H groups in total. The monoisotopic (exact) mass is 294 g/mol. The normalized spacial score (nSPS) is 45.9. The molecule has 21 heavy (non-hydrogen) atoms. The Morgan fingerprint density at radius 2 is 1.81 bits per heavy atom. The summed E-state index contributed by atoms with van der Waals surface area (Å²) in [5.74, 6) is 0. The van der Waals surface area contributed by atoms with E-state index in [-0.39, 0.29) is 12.4 Å². The minimum atomic E-state index is -0.797. The first-order valence-corrected chi connectivity index (χ1v) is 7.19. The SMILES string of the molecule is CC1O[C@@H]2O[C@@H]3COC(c4ccccc4)O[C@H]3[C@H](O)[C@@H]2O1. The van der Waals surface area contributed by atoms with Gasteiger partial charge in [-0.25, -0.2) is 0 Å². The smallest absolute Gasteiger partial charge is 0.190 e. The maximum absolute atomic E-state index is 10.5. The lowest BCUT2D eigenvalue weighted by Gasteiger charge is -2.44. The predicted molar refractivity (Wildman–Crippen MR) is 70.1 cm³/mol. The average molecular weight is 294 g/mol. The molecule has 1 aromatic carbocycles. The van der Waals surface area contributed by atoms with E-state index in [1.807, 2.05) is 30.3 Å². The summed E-state index contributed by atoms with van der Waals surface area (Å²) in [4.78, 5) is 0. The summed E-state index contributed by atoms with van der Waals surface area (Å²) in [5, 5.41) is 10.5. The molecule has 3 heterocycles. The first-order chi connectivity index (χ1) is 10.2. The van der Waals surface area contributed by atoms with Crippen molar-refractivity contribution in [1.29, 1.82) is 0 Å². The second-order valence-electron chi connectivity index (χ2n) is 5.51. The van der Waals surface area contributed by atoms with Gasteiger partial charge in [0.2, 0.25) is 0 Å². The van der Waals surface area contributed by atoms with Gasteiger partial charge >= 0.3 is 0 Å². The molecule has 0 spiro atoms. The van der Waals surface area contributed by atoms with E-state index in [9.17, 15) is 5.11 Å². The highest BCUT2D eigenvalue weighted by Crippen LogP contribution is 2.37. The number of hydrogen-bond acceptors (Lipinski definition) is 6. The molecule has 0 bridgehead atoms. The van der Waals surface area contributed by atoms with Crippen LogP contribution in [0.25, 0.3) is 0 Å². The first-order valence-electron chi connectivity index (χ1n) is 7.19. The van der Waals surface area contributed by atoms with E-state index in [0.717, 1.165) is 5.56 Å². The van der Waals surface area contributed by atoms with Crippen LogP contribution in [0.15, 0.2) is 30.3 Å². The maximum Gasteiger partial charge on any atom is 0.190 e. The molecule has 2 unspecified atom stereocenters. The van der Waals surface area contributed by atoms with E-state index in [1.165, 1.54) is 0 Å². The molecule has 0 saturated carbocycles. The number of fused-ring (bicyclic) bond motifs is 2. The van der Waals surface area contributed by atoms with Gasteiger partial charge in [0, 0.05) is 5.56 Å². The van der Waals surface area contributed by atoms with Crippen LogP contribution in [-0.2, 0) is 23.7 Å². The third-order valence-corrected chi connectivity index (χ3v) is 4.06. The van der Waals surface area contributed by atoms with Gasteiger partial charge in [0.15, 0.2) is 18.9 Å².